The topological polar surface area (TPSA) is 77.0 Å². The lowest BCUT2D eigenvalue weighted by molar-refractivity contribution is -0.148. The number of nitrogens with zero attached hydrogens (tertiary/aromatic N) is 4. The van der Waals surface area contributed by atoms with Crippen molar-refractivity contribution < 1.29 is 26.7 Å². The zero-order valence-corrected chi connectivity index (χ0v) is 14.7. The molecule has 1 aliphatic rings. The zero-order valence-electron chi connectivity index (χ0n) is 14.7. The van der Waals surface area contributed by atoms with Crippen molar-refractivity contribution in [2.75, 3.05) is 6.54 Å². The summed E-state index contributed by atoms with van der Waals surface area (Å²) in [6, 6.07) is 3.38. The minimum Gasteiger partial charge on any atom is -0.333 e. The molecule has 2 aromatic rings. The first-order valence-corrected chi connectivity index (χ1v) is 8.55. The highest BCUT2D eigenvalue weighted by Crippen LogP contribution is 2.29. The summed E-state index contributed by atoms with van der Waals surface area (Å²) in [6.45, 7) is -1.00. The van der Waals surface area contributed by atoms with E-state index in [1.165, 1.54) is 17.0 Å². The van der Waals surface area contributed by atoms with Crippen molar-refractivity contribution in [2.45, 2.75) is 44.8 Å². The Morgan fingerprint density at radius 2 is 2.00 bits per heavy atom. The van der Waals surface area contributed by atoms with Crippen LogP contribution in [0.15, 0.2) is 18.2 Å². The van der Waals surface area contributed by atoms with Crippen LogP contribution in [-0.2, 0) is 37.2 Å². The summed E-state index contributed by atoms with van der Waals surface area (Å²) in [5, 5.41) is 6.69. The smallest absolute Gasteiger partial charge is 0.333 e. The van der Waals surface area contributed by atoms with Crippen LogP contribution in [0.2, 0.25) is 0 Å². The molecule has 28 heavy (non-hydrogen) atoms. The second-order valence-corrected chi connectivity index (χ2v) is 6.63. The number of fused-ring (bicyclic) bond motifs is 1. The summed E-state index contributed by atoms with van der Waals surface area (Å²) in [5.41, 5.74) is 6.50. The van der Waals surface area contributed by atoms with Crippen molar-refractivity contribution in [2.24, 2.45) is 5.73 Å². The molecule has 0 unspecified atom stereocenters. The number of alkyl halides is 4. The van der Waals surface area contributed by atoms with Crippen LogP contribution in [0.25, 0.3) is 0 Å². The fourth-order valence-electron chi connectivity index (χ4n) is 3.17. The lowest BCUT2D eigenvalue weighted by Crippen LogP contribution is -2.42. The van der Waals surface area contributed by atoms with Crippen molar-refractivity contribution in [3.8, 4) is 0 Å². The molecule has 2 heterocycles. The van der Waals surface area contributed by atoms with Crippen molar-refractivity contribution in [3.63, 3.8) is 0 Å². The highest BCUT2D eigenvalue weighted by atomic mass is 19.4. The monoisotopic (exact) mass is 403 g/mol. The molecule has 1 aromatic carbocycles. The van der Waals surface area contributed by atoms with Gasteiger partial charge < -0.3 is 15.2 Å². The fourth-order valence-corrected chi connectivity index (χ4v) is 3.17. The molecule has 1 aromatic heterocycles. The van der Waals surface area contributed by atoms with Gasteiger partial charge >= 0.3 is 6.18 Å². The molecule has 0 spiro atoms. The Kier molecular flexibility index (Phi) is 5.64. The Labute approximate surface area is 157 Å². The molecule has 152 valence electrons. The van der Waals surface area contributed by atoms with Crippen LogP contribution in [0.4, 0.5) is 22.0 Å². The summed E-state index contributed by atoms with van der Waals surface area (Å²) < 4.78 is 65.6. The van der Waals surface area contributed by atoms with Crippen LogP contribution in [0.5, 0.6) is 0 Å². The van der Waals surface area contributed by atoms with Gasteiger partial charge in [-0.25, -0.2) is 8.78 Å². The first-order valence-electron chi connectivity index (χ1n) is 8.55. The Balaban J connectivity index is 1.60. The van der Waals surface area contributed by atoms with Gasteiger partial charge in [0, 0.05) is 31.1 Å². The van der Waals surface area contributed by atoms with Gasteiger partial charge in [0.05, 0.1) is 6.54 Å². The van der Waals surface area contributed by atoms with E-state index in [1.807, 2.05) is 0 Å². The quantitative estimate of drug-likeness (QED) is 0.777. The molecule has 6 nitrogen and oxygen atoms in total. The van der Waals surface area contributed by atoms with E-state index in [0.29, 0.717) is 5.56 Å². The van der Waals surface area contributed by atoms with Gasteiger partial charge in [-0.05, 0) is 18.1 Å². The van der Waals surface area contributed by atoms with E-state index in [2.05, 4.69) is 10.2 Å². The predicted molar refractivity (Wildman–Crippen MR) is 87.9 cm³/mol. The molecule has 11 heteroatoms. The summed E-state index contributed by atoms with van der Waals surface area (Å²) in [4.78, 5) is 13.8. The maximum Gasteiger partial charge on any atom is 0.451 e. The van der Waals surface area contributed by atoms with Crippen LogP contribution in [0.3, 0.4) is 0 Å². The van der Waals surface area contributed by atoms with Crippen molar-refractivity contribution in [1.82, 2.24) is 19.7 Å². The van der Waals surface area contributed by atoms with Gasteiger partial charge in [-0.1, -0.05) is 12.1 Å². The SMILES string of the molecule is N[C@@H](CC(=O)N1CCn2c(nnc2C(F)(F)F)C1)Cc1ccc(F)c(CF)c1. The Bertz CT molecular complexity index is 866. The molecule has 0 fully saturated rings. The summed E-state index contributed by atoms with van der Waals surface area (Å²) in [7, 11) is 0. The molecule has 0 radical (unpaired) electrons. The van der Waals surface area contributed by atoms with Crippen LogP contribution in [-0.4, -0.2) is 38.2 Å². The second kappa shape index (κ2) is 7.82. The van der Waals surface area contributed by atoms with Gasteiger partial charge in [-0.2, -0.15) is 13.2 Å². The number of halogens is 5. The Morgan fingerprint density at radius 1 is 1.25 bits per heavy atom. The van der Waals surface area contributed by atoms with Gasteiger partial charge in [0.15, 0.2) is 5.82 Å². The average Bonchev–Trinajstić information content (AvgIpc) is 3.06. The molecule has 1 atom stereocenters. The molecular weight excluding hydrogens is 385 g/mol. The molecule has 1 amide bonds. The molecule has 0 saturated carbocycles. The predicted octanol–water partition coefficient (Wildman–Crippen LogP) is 2.21. The second-order valence-electron chi connectivity index (χ2n) is 6.63. The first-order chi connectivity index (χ1) is 13.2. The van der Waals surface area contributed by atoms with E-state index >= 15 is 0 Å². The summed E-state index contributed by atoms with van der Waals surface area (Å²) in [6.07, 6.45) is -4.42. The van der Waals surface area contributed by atoms with Gasteiger partial charge in [-0.15, -0.1) is 10.2 Å². The van der Waals surface area contributed by atoms with E-state index in [0.717, 1.165) is 10.6 Å². The highest BCUT2D eigenvalue weighted by Gasteiger charge is 2.39. The Morgan fingerprint density at radius 3 is 2.68 bits per heavy atom. The normalized spacial score (nSPS) is 15.4. The van der Waals surface area contributed by atoms with Gasteiger partial charge in [0.1, 0.15) is 12.5 Å². The van der Waals surface area contributed by atoms with Crippen molar-refractivity contribution in [3.05, 3.63) is 46.8 Å². The number of hydrogen-bond acceptors (Lipinski definition) is 4. The minimum atomic E-state index is -4.60. The van der Waals surface area contributed by atoms with Crippen LogP contribution < -0.4 is 5.73 Å². The van der Waals surface area contributed by atoms with E-state index in [9.17, 15) is 26.7 Å². The van der Waals surface area contributed by atoms with E-state index in [4.69, 9.17) is 5.73 Å². The maximum atomic E-state index is 13.3. The number of benzene rings is 1. The van der Waals surface area contributed by atoms with Crippen molar-refractivity contribution >= 4 is 5.91 Å². The van der Waals surface area contributed by atoms with Crippen LogP contribution in [0, 0.1) is 5.82 Å². The highest BCUT2D eigenvalue weighted by molar-refractivity contribution is 5.76. The third-order valence-corrected chi connectivity index (χ3v) is 4.55. The van der Waals surface area contributed by atoms with E-state index in [1.54, 1.807) is 0 Å². The molecule has 0 aliphatic carbocycles. The van der Waals surface area contributed by atoms with Gasteiger partial charge in [-0.3, -0.25) is 4.79 Å². The Hall–Kier alpha value is -2.56. The average molecular weight is 403 g/mol. The third-order valence-electron chi connectivity index (χ3n) is 4.55. The number of hydrogen-bond donors (Lipinski definition) is 1. The van der Waals surface area contributed by atoms with Crippen LogP contribution >= 0.6 is 0 Å². The first kappa shape index (κ1) is 20.2. The molecule has 1 aliphatic heterocycles. The third kappa shape index (κ3) is 4.29. The van der Waals surface area contributed by atoms with Gasteiger partial charge in [0.2, 0.25) is 11.7 Å². The summed E-state index contributed by atoms with van der Waals surface area (Å²) >= 11 is 0. The fraction of sp³-hybridized carbons (Fsp3) is 0.471. The molecular formula is C17H18F5N5O. The number of nitrogens with two attached hydrogens (primary N) is 1. The van der Waals surface area contributed by atoms with E-state index in [-0.39, 0.29) is 49.8 Å². The molecule has 0 bridgehead atoms. The lowest BCUT2D eigenvalue weighted by atomic mass is 10.0. The minimum absolute atomic E-state index is 0.0530. The molecule has 2 N–H and O–H groups in total. The largest absolute Gasteiger partial charge is 0.451 e. The molecule has 0 saturated heterocycles. The van der Waals surface area contributed by atoms with Crippen molar-refractivity contribution in [1.29, 1.82) is 0 Å². The lowest BCUT2D eigenvalue weighted by Gasteiger charge is -2.29. The van der Waals surface area contributed by atoms with E-state index < -0.39 is 30.5 Å². The summed E-state index contributed by atoms with van der Waals surface area (Å²) in [5.74, 6) is -1.99. The number of carbonyl (C=O) groups excluding carboxylic acids is 1. The molecule has 3 rings (SSSR count). The standard InChI is InChI=1S/C17H18F5N5O/c18-8-11-5-10(1-2-13(11)19)6-12(23)7-15(28)26-3-4-27-14(9-26)24-25-16(27)17(20,21)22/h1-2,5,12H,3-4,6-9,23H2/t12-/m1/s1. The maximum absolute atomic E-state index is 13.3. The van der Waals surface area contributed by atoms with Crippen LogP contribution in [0.1, 0.15) is 29.2 Å². The number of amides is 1. The number of rotatable bonds is 5. The van der Waals surface area contributed by atoms with Gasteiger partial charge in [0.25, 0.3) is 0 Å². The number of aromatic nitrogens is 3. The zero-order chi connectivity index (χ0) is 20.5. The number of carbonyl (C=O) groups is 1.